The van der Waals surface area contributed by atoms with Crippen LogP contribution in [0.1, 0.15) is 65.1 Å². The van der Waals surface area contributed by atoms with Crippen LogP contribution < -0.4 is 5.32 Å². The van der Waals surface area contributed by atoms with E-state index in [1.165, 1.54) is 11.1 Å². The lowest BCUT2D eigenvalue weighted by atomic mass is 9.81. The molecule has 0 radical (unpaired) electrons. The highest BCUT2D eigenvalue weighted by atomic mass is 15.0. The Kier molecular flexibility index (Phi) is 4.61. The zero-order valence-electron chi connectivity index (χ0n) is 13.1. The number of hydrogen-bond donors (Lipinski definition) is 1. The normalized spacial score (nSPS) is 14.6. The standard InChI is InChI=1S/C17H29N/c1-13-8-10-15(11-9-13)14(2)18-17(6,7)12-16(3,4)5/h8-11,14,18H,12H2,1-7H3. The molecule has 0 aromatic heterocycles. The van der Waals surface area contributed by atoms with Gasteiger partial charge in [-0.2, -0.15) is 0 Å². The van der Waals surface area contributed by atoms with Crippen LogP contribution in [0, 0.1) is 12.3 Å². The maximum Gasteiger partial charge on any atom is 0.0296 e. The minimum atomic E-state index is 0.155. The van der Waals surface area contributed by atoms with Crippen molar-refractivity contribution in [3.8, 4) is 0 Å². The molecule has 18 heavy (non-hydrogen) atoms. The second kappa shape index (κ2) is 5.44. The number of hydrogen-bond acceptors (Lipinski definition) is 1. The lowest BCUT2D eigenvalue weighted by molar-refractivity contribution is 0.227. The molecule has 0 aliphatic rings. The van der Waals surface area contributed by atoms with E-state index in [4.69, 9.17) is 0 Å². The first-order valence-electron chi connectivity index (χ1n) is 6.93. The Labute approximate surface area is 113 Å². The van der Waals surface area contributed by atoms with Crippen LogP contribution in [0.4, 0.5) is 0 Å². The molecule has 1 aromatic rings. The smallest absolute Gasteiger partial charge is 0.0296 e. The molecular weight excluding hydrogens is 218 g/mol. The highest BCUT2D eigenvalue weighted by Crippen LogP contribution is 2.29. The van der Waals surface area contributed by atoms with E-state index in [-0.39, 0.29) is 5.54 Å². The average molecular weight is 247 g/mol. The van der Waals surface area contributed by atoms with E-state index in [2.05, 4.69) is 78.0 Å². The van der Waals surface area contributed by atoms with Crippen molar-refractivity contribution in [3.05, 3.63) is 35.4 Å². The quantitative estimate of drug-likeness (QED) is 0.801. The molecule has 0 aliphatic carbocycles. The Morgan fingerprint density at radius 3 is 1.94 bits per heavy atom. The second-order valence-corrected chi connectivity index (χ2v) is 7.40. The third-order valence-corrected chi connectivity index (χ3v) is 3.16. The van der Waals surface area contributed by atoms with E-state index >= 15 is 0 Å². The summed E-state index contributed by atoms with van der Waals surface area (Å²) in [4.78, 5) is 0. The zero-order chi connectivity index (χ0) is 14.0. The summed E-state index contributed by atoms with van der Waals surface area (Å²) in [6.07, 6.45) is 1.16. The first-order valence-corrected chi connectivity index (χ1v) is 6.93. The molecule has 1 aromatic carbocycles. The number of benzene rings is 1. The van der Waals surface area contributed by atoms with Gasteiger partial charge in [0.2, 0.25) is 0 Å². The number of aryl methyl sites for hydroxylation is 1. The highest BCUT2D eigenvalue weighted by molar-refractivity contribution is 5.23. The van der Waals surface area contributed by atoms with Gasteiger partial charge in [0.05, 0.1) is 0 Å². The van der Waals surface area contributed by atoms with Crippen LogP contribution in [-0.2, 0) is 0 Å². The predicted molar refractivity (Wildman–Crippen MR) is 80.9 cm³/mol. The topological polar surface area (TPSA) is 12.0 Å². The molecule has 1 atom stereocenters. The third-order valence-electron chi connectivity index (χ3n) is 3.16. The molecule has 1 unspecified atom stereocenters. The summed E-state index contributed by atoms with van der Waals surface area (Å²) >= 11 is 0. The van der Waals surface area contributed by atoms with Gasteiger partial charge in [-0.25, -0.2) is 0 Å². The van der Waals surface area contributed by atoms with Crippen molar-refractivity contribution >= 4 is 0 Å². The van der Waals surface area contributed by atoms with Gasteiger partial charge >= 0.3 is 0 Å². The maximum absolute atomic E-state index is 3.75. The largest absolute Gasteiger partial charge is 0.305 e. The van der Waals surface area contributed by atoms with Crippen molar-refractivity contribution in [2.75, 3.05) is 0 Å². The van der Waals surface area contributed by atoms with Crippen molar-refractivity contribution in [1.82, 2.24) is 5.32 Å². The van der Waals surface area contributed by atoms with E-state index in [0.29, 0.717) is 11.5 Å². The van der Waals surface area contributed by atoms with Crippen molar-refractivity contribution in [1.29, 1.82) is 0 Å². The fourth-order valence-electron chi connectivity index (χ4n) is 2.90. The average Bonchev–Trinajstić information content (AvgIpc) is 2.13. The van der Waals surface area contributed by atoms with Crippen LogP contribution >= 0.6 is 0 Å². The van der Waals surface area contributed by atoms with E-state index in [9.17, 15) is 0 Å². The molecule has 1 heteroatoms. The van der Waals surface area contributed by atoms with Gasteiger partial charge in [-0.15, -0.1) is 0 Å². The van der Waals surface area contributed by atoms with E-state index < -0.39 is 0 Å². The summed E-state index contributed by atoms with van der Waals surface area (Å²) in [6, 6.07) is 9.21. The third kappa shape index (κ3) is 5.22. The monoisotopic (exact) mass is 247 g/mol. The molecule has 0 bridgehead atoms. The Bertz CT molecular complexity index is 368. The number of rotatable bonds is 4. The Balaban J connectivity index is 2.69. The van der Waals surface area contributed by atoms with Crippen molar-refractivity contribution in [2.24, 2.45) is 5.41 Å². The molecule has 0 fully saturated rings. The van der Waals surface area contributed by atoms with Gasteiger partial charge in [-0.1, -0.05) is 50.6 Å². The summed E-state index contributed by atoms with van der Waals surface area (Å²) in [5, 5.41) is 3.75. The Morgan fingerprint density at radius 1 is 1.00 bits per heavy atom. The second-order valence-electron chi connectivity index (χ2n) is 7.40. The first kappa shape index (κ1) is 15.2. The molecule has 0 aliphatic heterocycles. The molecule has 0 saturated carbocycles. The number of nitrogens with one attached hydrogen (secondary N) is 1. The molecule has 0 saturated heterocycles. The summed E-state index contributed by atoms with van der Waals surface area (Å²) in [6.45, 7) is 15.9. The Morgan fingerprint density at radius 2 is 1.50 bits per heavy atom. The molecular formula is C17H29N. The molecule has 1 nitrogen and oxygen atoms in total. The van der Waals surface area contributed by atoms with Gasteiger partial charge in [-0.05, 0) is 45.1 Å². The minimum Gasteiger partial charge on any atom is -0.305 e. The van der Waals surface area contributed by atoms with Crippen LogP contribution in [0.2, 0.25) is 0 Å². The maximum atomic E-state index is 3.75. The van der Waals surface area contributed by atoms with Gasteiger partial charge in [0.1, 0.15) is 0 Å². The predicted octanol–water partition coefficient (Wildman–Crippen LogP) is 4.86. The molecule has 1 N–H and O–H groups in total. The zero-order valence-corrected chi connectivity index (χ0v) is 13.1. The highest BCUT2D eigenvalue weighted by Gasteiger charge is 2.26. The van der Waals surface area contributed by atoms with Gasteiger partial charge in [0.15, 0.2) is 0 Å². The first-order chi connectivity index (χ1) is 8.09. The lowest BCUT2D eigenvalue weighted by Gasteiger charge is -2.36. The fourth-order valence-corrected chi connectivity index (χ4v) is 2.90. The molecule has 0 spiro atoms. The molecule has 102 valence electrons. The van der Waals surface area contributed by atoms with Crippen molar-refractivity contribution in [3.63, 3.8) is 0 Å². The van der Waals surface area contributed by atoms with Crippen LogP contribution in [-0.4, -0.2) is 5.54 Å². The molecule has 1 rings (SSSR count). The van der Waals surface area contributed by atoms with Crippen molar-refractivity contribution < 1.29 is 0 Å². The fraction of sp³-hybridized carbons (Fsp3) is 0.647. The summed E-state index contributed by atoms with van der Waals surface area (Å²) < 4.78 is 0. The minimum absolute atomic E-state index is 0.155. The SMILES string of the molecule is Cc1ccc(C(C)NC(C)(C)CC(C)(C)C)cc1. The molecule has 0 heterocycles. The van der Waals surface area contributed by atoms with Crippen LogP contribution in [0.15, 0.2) is 24.3 Å². The van der Waals surface area contributed by atoms with Gasteiger partial charge in [0, 0.05) is 11.6 Å². The summed E-state index contributed by atoms with van der Waals surface area (Å²) in [7, 11) is 0. The summed E-state index contributed by atoms with van der Waals surface area (Å²) in [5.74, 6) is 0. The summed E-state index contributed by atoms with van der Waals surface area (Å²) in [5.41, 5.74) is 3.19. The van der Waals surface area contributed by atoms with E-state index in [0.717, 1.165) is 6.42 Å². The van der Waals surface area contributed by atoms with Gasteiger partial charge < -0.3 is 5.32 Å². The van der Waals surface area contributed by atoms with Crippen molar-refractivity contribution in [2.45, 2.75) is 66.5 Å². The van der Waals surface area contributed by atoms with E-state index in [1.807, 2.05) is 0 Å². The van der Waals surface area contributed by atoms with Crippen LogP contribution in [0.25, 0.3) is 0 Å². The molecule has 0 amide bonds. The van der Waals surface area contributed by atoms with Crippen LogP contribution in [0.3, 0.4) is 0 Å². The van der Waals surface area contributed by atoms with Crippen LogP contribution in [0.5, 0.6) is 0 Å². The van der Waals surface area contributed by atoms with E-state index in [1.54, 1.807) is 0 Å². The lowest BCUT2D eigenvalue weighted by Crippen LogP contribution is -2.43. The Hall–Kier alpha value is -0.820. The van der Waals surface area contributed by atoms with Gasteiger partial charge in [0.25, 0.3) is 0 Å². The van der Waals surface area contributed by atoms with Gasteiger partial charge in [-0.3, -0.25) is 0 Å².